The van der Waals surface area contributed by atoms with Gasteiger partial charge < -0.3 is 10.6 Å². The zero-order valence-electron chi connectivity index (χ0n) is 16.5. The number of carbonyl (C=O) groups excluding carboxylic acids is 2. The number of rotatable bonds is 4. The van der Waals surface area contributed by atoms with Gasteiger partial charge in [0, 0.05) is 11.7 Å². The van der Waals surface area contributed by atoms with Gasteiger partial charge in [-0.1, -0.05) is 24.3 Å². The van der Waals surface area contributed by atoms with E-state index in [1.54, 1.807) is 13.0 Å². The summed E-state index contributed by atoms with van der Waals surface area (Å²) in [6, 6.07) is 8.36. The molecule has 2 aromatic rings. The van der Waals surface area contributed by atoms with Crippen molar-refractivity contribution in [3.63, 3.8) is 0 Å². The number of hydrogen-bond donors (Lipinski definition) is 2. The smallest absolute Gasteiger partial charge is 0.326 e. The van der Waals surface area contributed by atoms with Crippen molar-refractivity contribution in [3.05, 3.63) is 76.7 Å². The average molecular weight is 433 g/mol. The molecule has 1 fully saturated rings. The van der Waals surface area contributed by atoms with Crippen molar-refractivity contribution in [2.75, 3.05) is 5.32 Å². The Bertz CT molecular complexity index is 1080. The molecule has 162 valence electrons. The molecule has 0 spiro atoms. The standard InChI is InChI=1S/C22H19F4N3O2/c1-12-18(20(30)27-17-8-3-2-7-16(17)23)19(28-21(31)29(12)15-9-10-15)13-5-4-6-14(11-13)22(24,25)26/h2-8,11,15,19H,9-10H2,1H3,(H,27,30)(H,28,31)/t19-/m0/s1. The van der Waals surface area contributed by atoms with Crippen LogP contribution in [0.5, 0.6) is 0 Å². The summed E-state index contributed by atoms with van der Waals surface area (Å²) in [6.07, 6.45) is -3.05. The van der Waals surface area contributed by atoms with E-state index >= 15 is 0 Å². The number of hydrogen-bond acceptors (Lipinski definition) is 2. The Labute approximate surface area is 175 Å². The molecular formula is C22H19F4N3O2. The van der Waals surface area contributed by atoms with Crippen LogP contribution in [0.15, 0.2) is 59.8 Å². The first-order valence-corrected chi connectivity index (χ1v) is 9.70. The van der Waals surface area contributed by atoms with Crippen molar-refractivity contribution in [1.29, 1.82) is 0 Å². The third-order valence-electron chi connectivity index (χ3n) is 5.35. The van der Waals surface area contributed by atoms with Crippen molar-refractivity contribution in [3.8, 4) is 0 Å². The van der Waals surface area contributed by atoms with Gasteiger partial charge in [-0.3, -0.25) is 9.69 Å². The molecule has 0 aromatic heterocycles. The summed E-state index contributed by atoms with van der Waals surface area (Å²) in [5.74, 6) is -1.35. The molecule has 1 atom stereocenters. The maximum absolute atomic E-state index is 14.1. The molecule has 0 bridgehead atoms. The van der Waals surface area contributed by atoms with Crippen LogP contribution in [0.3, 0.4) is 0 Å². The second-order valence-electron chi connectivity index (χ2n) is 7.54. The fourth-order valence-electron chi connectivity index (χ4n) is 3.72. The summed E-state index contributed by atoms with van der Waals surface area (Å²) in [4.78, 5) is 27.3. The van der Waals surface area contributed by atoms with Crippen LogP contribution >= 0.6 is 0 Å². The van der Waals surface area contributed by atoms with Crippen LogP contribution in [0.4, 0.5) is 28.0 Å². The van der Waals surface area contributed by atoms with Crippen LogP contribution in [0, 0.1) is 5.82 Å². The highest BCUT2D eigenvalue weighted by molar-refractivity contribution is 6.06. The highest BCUT2D eigenvalue weighted by atomic mass is 19.4. The van der Waals surface area contributed by atoms with Crippen molar-refractivity contribution in [2.45, 2.75) is 38.0 Å². The minimum absolute atomic E-state index is 0.0640. The Hall–Kier alpha value is -3.36. The summed E-state index contributed by atoms with van der Waals surface area (Å²) in [5.41, 5.74) is -0.450. The van der Waals surface area contributed by atoms with E-state index in [-0.39, 0.29) is 22.9 Å². The molecular weight excluding hydrogens is 414 g/mol. The predicted octanol–water partition coefficient (Wildman–Crippen LogP) is 4.99. The monoisotopic (exact) mass is 433 g/mol. The number of alkyl halides is 3. The molecule has 5 nitrogen and oxygen atoms in total. The number of allylic oxidation sites excluding steroid dienone is 1. The lowest BCUT2D eigenvalue weighted by Gasteiger charge is -2.36. The first-order valence-electron chi connectivity index (χ1n) is 9.70. The number of carbonyl (C=O) groups is 2. The SMILES string of the molecule is CC1=C(C(=O)Nc2ccccc2F)[C@H](c2cccc(C(F)(F)F)c2)NC(=O)N1C1CC1. The molecule has 2 N–H and O–H groups in total. The first kappa shape index (κ1) is 20.9. The predicted molar refractivity (Wildman–Crippen MR) is 105 cm³/mol. The molecule has 4 rings (SSSR count). The van der Waals surface area contributed by atoms with Crippen molar-refractivity contribution in [1.82, 2.24) is 10.2 Å². The van der Waals surface area contributed by atoms with Gasteiger partial charge in [0.1, 0.15) is 5.82 Å². The van der Waals surface area contributed by atoms with Crippen LogP contribution in [-0.2, 0) is 11.0 Å². The lowest BCUT2D eigenvalue weighted by molar-refractivity contribution is -0.137. The second-order valence-corrected chi connectivity index (χ2v) is 7.54. The normalized spacial score (nSPS) is 19.3. The van der Waals surface area contributed by atoms with Crippen molar-refractivity contribution in [2.24, 2.45) is 0 Å². The molecule has 1 aliphatic heterocycles. The molecule has 0 unspecified atom stereocenters. The van der Waals surface area contributed by atoms with E-state index in [1.165, 1.54) is 35.2 Å². The van der Waals surface area contributed by atoms with Gasteiger partial charge in [-0.05, 0) is 49.6 Å². The molecule has 31 heavy (non-hydrogen) atoms. The summed E-state index contributed by atoms with van der Waals surface area (Å²) < 4.78 is 53.7. The van der Waals surface area contributed by atoms with Crippen LogP contribution in [0.25, 0.3) is 0 Å². The number of benzene rings is 2. The number of urea groups is 1. The van der Waals surface area contributed by atoms with E-state index in [0.29, 0.717) is 5.70 Å². The Kier molecular flexibility index (Phi) is 5.20. The lowest BCUT2D eigenvalue weighted by atomic mass is 9.92. The molecule has 3 amide bonds. The average Bonchev–Trinajstić information content (AvgIpc) is 3.53. The van der Waals surface area contributed by atoms with Gasteiger partial charge in [-0.2, -0.15) is 13.2 Å². The lowest BCUT2D eigenvalue weighted by Crippen LogP contribution is -2.49. The summed E-state index contributed by atoms with van der Waals surface area (Å²) in [6.45, 7) is 1.58. The topological polar surface area (TPSA) is 61.4 Å². The summed E-state index contributed by atoms with van der Waals surface area (Å²) >= 11 is 0. The van der Waals surface area contributed by atoms with E-state index in [1.807, 2.05) is 0 Å². The van der Waals surface area contributed by atoms with E-state index in [9.17, 15) is 27.2 Å². The van der Waals surface area contributed by atoms with Crippen molar-refractivity contribution >= 4 is 17.6 Å². The largest absolute Gasteiger partial charge is 0.416 e. The molecule has 9 heteroatoms. The summed E-state index contributed by atoms with van der Waals surface area (Å²) in [7, 11) is 0. The Morgan fingerprint density at radius 2 is 1.84 bits per heavy atom. The molecule has 1 aliphatic carbocycles. The fourth-order valence-corrected chi connectivity index (χ4v) is 3.72. The van der Waals surface area contributed by atoms with Gasteiger partial charge in [0.05, 0.1) is 22.9 Å². The van der Waals surface area contributed by atoms with E-state index in [0.717, 1.165) is 25.0 Å². The van der Waals surface area contributed by atoms with Crippen LogP contribution in [-0.4, -0.2) is 22.9 Å². The maximum atomic E-state index is 14.1. The van der Waals surface area contributed by atoms with Gasteiger partial charge in [-0.15, -0.1) is 0 Å². The van der Waals surface area contributed by atoms with Gasteiger partial charge in [0.15, 0.2) is 0 Å². The molecule has 0 saturated heterocycles. The maximum Gasteiger partial charge on any atom is 0.416 e. The molecule has 2 aliphatic rings. The van der Waals surface area contributed by atoms with E-state index in [2.05, 4.69) is 10.6 Å². The highest BCUT2D eigenvalue weighted by Crippen LogP contribution is 2.39. The van der Waals surface area contributed by atoms with E-state index < -0.39 is 35.5 Å². The third-order valence-corrected chi connectivity index (χ3v) is 5.35. The Morgan fingerprint density at radius 1 is 1.13 bits per heavy atom. The second kappa shape index (κ2) is 7.72. The number of nitrogens with one attached hydrogen (secondary N) is 2. The van der Waals surface area contributed by atoms with Crippen LogP contribution in [0.2, 0.25) is 0 Å². The zero-order valence-corrected chi connectivity index (χ0v) is 16.5. The first-order chi connectivity index (χ1) is 14.7. The number of nitrogens with zero attached hydrogens (tertiary/aromatic N) is 1. The van der Waals surface area contributed by atoms with Crippen molar-refractivity contribution < 1.29 is 27.2 Å². The van der Waals surface area contributed by atoms with Gasteiger partial charge >= 0.3 is 12.2 Å². The molecule has 2 aromatic carbocycles. The minimum Gasteiger partial charge on any atom is -0.326 e. The molecule has 1 saturated carbocycles. The highest BCUT2D eigenvalue weighted by Gasteiger charge is 2.42. The van der Waals surface area contributed by atoms with Gasteiger partial charge in [0.25, 0.3) is 5.91 Å². The summed E-state index contributed by atoms with van der Waals surface area (Å²) in [5, 5.41) is 5.13. The Morgan fingerprint density at radius 3 is 2.48 bits per heavy atom. The number of amides is 3. The third kappa shape index (κ3) is 4.12. The van der Waals surface area contributed by atoms with Gasteiger partial charge in [-0.25, -0.2) is 9.18 Å². The van der Waals surface area contributed by atoms with Gasteiger partial charge in [0.2, 0.25) is 0 Å². The van der Waals surface area contributed by atoms with Crippen LogP contribution in [0.1, 0.15) is 36.9 Å². The fraction of sp³-hybridized carbons (Fsp3) is 0.273. The quantitative estimate of drug-likeness (QED) is 0.668. The van der Waals surface area contributed by atoms with Crippen LogP contribution < -0.4 is 10.6 Å². The van der Waals surface area contributed by atoms with E-state index in [4.69, 9.17) is 0 Å². The minimum atomic E-state index is -4.58. The Balaban J connectivity index is 1.77. The zero-order chi connectivity index (χ0) is 22.3. The molecule has 1 heterocycles. The number of anilines is 1. The molecule has 0 radical (unpaired) electrons. The number of para-hydroxylation sites is 1. The number of halogens is 4.